The maximum atomic E-state index is 15.1. The number of rotatable bonds is 7. The number of nitrogens with one attached hydrogen (secondary N) is 1. The SMILES string of the molecule is C#CCCCC(=O)c1cc2c(cc1F)S(=O)(=O)C[C@H](NC(=O)OC(C)(C)C)C(=O)N2Cc1ccc(Cl)cc1. The zero-order valence-electron chi connectivity index (χ0n) is 21.2. The van der Waals surface area contributed by atoms with E-state index in [1.165, 1.54) is 0 Å². The first-order valence-electron chi connectivity index (χ1n) is 11.8. The molecule has 2 aromatic carbocycles. The van der Waals surface area contributed by atoms with Gasteiger partial charge in [0.05, 0.1) is 28.4 Å². The Balaban J connectivity index is 2.12. The second-order valence-corrected chi connectivity index (χ2v) is 12.3. The van der Waals surface area contributed by atoms with Crippen molar-refractivity contribution in [2.24, 2.45) is 0 Å². The molecule has 1 N–H and O–H groups in total. The number of nitrogens with zero attached hydrogens (tertiary/aromatic N) is 1. The number of carbonyl (C=O) groups excluding carboxylic acids is 3. The number of benzene rings is 2. The second kappa shape index (κ2) is 11.5. The summed E-state index contributed by atoms with van der Waals surface area (Å²) in [6, 6.07) is 6.76. The molecule has 3 rings (SSSR count). The van der Waals surface area contributed by atoms with Crippen LogP contribution in [0.3, 0.4) is 0 Å². The number of alkyl carbamates (subject to hydrolysis) is 1. The number of ketones is 1. The molecule has 2 aromatic rings. The van der Waals surface area contributed by atoms with E-state index < -0.39 is 55.7 Å². The van der Waals surface area contributed by atoms with Crippen LogP contribution in [0.4, 0.5) is 14.9 Å². The summed E-state index contributed by atoms with van der Waals surface area (Å²) in [5.41, 5.74) is -0.848. The van der Waals surface area contributed by atoms with Gasteiger partial charge in [-0.15, -0.1) is 12.3 Å². The van der Waals surface area contributed by atoms with Crippen molar-refractivity contribution in [2.75, 3.05) is 10.7 Å². The summed E-state index contributed by atoms with van der Waals surface area (Å²) in [6.45, 7) is 4.71. The van der Waals surface area contributed by atoms with Gasteiger partial charge in [0.15, 0.2) is 15.6 Å². The van der Waals surface area contributed by atoms with Crippen LogP contribution in [-0.2, 0) is 25.9 Å². The molecule has 0 aromatic heterocycles. The topological polar surface area (TPSA) is 110 Å². The molecule has 11 heteroatoms. The summed E-state index contributed by atoms with van der Waals surface area (Å²) < 4.78 is 47.0. The fourth-order valence-corrected chi connectivity index (χ4v) is 5.62. The van der Waals surface area contributed by atoms with Gasteiger partial charge in [-0.1, -0.05) is 23.7 Å². The molecule has 0 unspecified atom stereocenters. The van der Waals surface area contributed by atoms with Crippen LogP contribution in [0.2, 0.25) is 5.02 Å². The molecule has 8 nitrogen and oxygen atoms in total. The van der Waals surface area contributed by atoms with Gasteiger partial charge in [0, 0.05) is 17.9 Å². The summed E-state index contributed by atoms with van der Waals surface area (Å²) in [6.07, 6.45) is 4.81. The molecule has 202 valence electrons. The second-order valence-electron chi connectivity index (χ2n) is 9.81. The molecule has 0 fully saturated rings. The summed E-state index contributed by atoms with van der Waals surface area (Å²) in [7, 11) is -4.30. The monoisotopic (exact) mass is 562 g/mol. The zero-order chi connectivity index (χ0) is 28.3. The van der Waals surface area contributed by atoms with E-state index in [9.17, 15) is 22.8 Å². The zero-order valence-corrected chi connectivity index (χ0v) is 22.8. The van der Waals surface area contributed by atoms with Gasteiger partial charge in [-0.25, -0.2) is 17.6 Å². The smallest absolute Gasteiger partial charge is 0.408 e. The molecule has 1 aliphatic rings. The van der Waals surface area contributed by atoms with Crippen molar-refractivity contribution in [3.8, 4) is 12.3 Å². The highest BCUT2D eigenvalue weighted by Crippen LogP contribution is 2.35. The van der Waals surface area contributed by atoms with Crippen LogP contribution in [0.1, 0.15) is 56.0 Å². The number of ether oxygens (including phenoxy) is 1. The van der Waals surface area contributed by atoms with Gasteiger partial charge in [0.25, 0.3) is 5.91 Å². The van der Waals surface area contributed by atoms with Crippen LogP contribution in [0.25, 0.3) is 0 Å². The maximum Gasteiger partial charge on any atom is 0.408 e. The van der Waals surface area contributed by atoms with Crippen molar-refractivity contribution in [1.82, 2.24) is 5.32 Å². The Morgan fingerprint density at radius 2 is 1.89 bits per heavy atom. The molecule has 1 aliphatic heterocycles. The van der Waals surface area contributed by atoms with Crippen LogP contribution in [-0.4, -0.2) is 43.6 Å². The average Bonchev–Trinajstić information content (AvgIpc) is 2.87. The quantitative estimate of drug-likeness (QED) is 0.298. The van der Waals surface area contributed by atoms with Gasteiger partial charge in [-0.3, -0.25) is 9.59 Å². The van der Waals surface area contributed by atoms with E-state index in [1.54, 1.807) is 45.0 Å². The summed E-state index contributed by atoms with van der Waals surface area (Å²) >= 11 is 5.97. The summed E-state index contributed by atoms with van der Waals surface area (Å²) in [5, 5.41) is 2.78. The Morgan fingerprint density at radius 1 is 1.24 bits per heavy atom. The molecule has 0 saturated carbocycles. The van der Waals surface area contributed by atoms with Crippen molar-refractivity contribution >= 4 is 44.9 Å². The molecule has 1 heterocycles. The number of amides is 2. The average molecular weight is 563 g/mol. The highest BCUT2D eigenvalue weighted by molar-refractivity contribution is 7.91. The van der Waals surface area contributed by atoms with Crippen molar-refractivity contribution < 1.29 is 31.9 Å². The summed E-state index contributed by atoms with van der Waals surface area (Å²) in [4.78, 5) is 39.6. The number of sulfone groups is 1. The van der Waals surface area contributed by atoms with Crippen LogP contribution >= 0.6 is 11.6 Å². The van der Waals surface area contributed by atoms with Gasteiger partial charge in [-0.2, -0.15) is 0 Å². The third kappa shape index (κ3) is 7.11. The van der Waals surface area contributed by atoms with E-state index >= 15 is 4.39 Å². The lowest BCUT2D eigenvalue weighted by atomic mass is 10.0. The van der Waals surface area contributed by atoms with E-state index in [2.05, 4.69) is 11.2 Å². The highest BCUT2D eigenvalue weighted by atomic mass is 35.5. The van der Waals surface area contributed by atoms with Gasteiger partial charge in [-0.05, 0) is 57.0 Å². The predicted octanol–water partition coefficient (Wildman–Crippen LogP) is 4.68. The number of carbonyl (C=O) groups is 3. The largest absolute Gasteiger partial charge is 0.444 e. The number of fused-ring (bicyclic) bond motifs is 1. The highest BCUT2D eigenvalue weighted by Gasteiger charge is 2.40. The van der Waals surface area contributed by atoms with Gasteiger partial charge < -0.3 is 15.0 Å². The number of terminal acetylenes is 1. The Morgan fingerprint density at radius 3 is 2.50 bits per heavy atom. The molecule has 0 radical (unpaired) electrons. The first kappa shape index (κ1) is 29.1. The van der Waals surface area contributed by atoms with Crippen molar-refractivity contribution in [1.29, 1.82) is 0 Å². The molecule has 0 aliphatic carbocycles. The third-order valence-corrected chi connectivity index (χ3v) is 7.62. The Hall–Kier alpha value is -3.42. The number of hydrogen-bond acceptors (Lipinski definition) is 6. The summed E-state index contributed by atoms with van der Waals surface area (Å²) in [5.74, 6) is -0.809. The Bertz CT molecular complexity index is 1390. The molecule has 1 atom stereocenters. The molecular weight excluding hydrogens is 535 g/mol. The number of halogens is 2. The maximum absolute atomic E-state index is 15.1. The fourth-order valence-electron chi connectivity index (χ4n) is 3.88. The Labute approximate surface area is 226 Å². The number of anilines is 1. The fraction of sp³-hybridized carbons (Fsp3) is 0.370. The van der Waals surface area contributed by atoms with E-state index in [0.29, 0.717) is 23.4 Å². The van der Waals surface area contributed by atoms with Gasteiger partial charge in [0.1, 0.15) is 17.5 Å². The number of hydrogen-bond donors (Lipinski definition) is 1. The van der Waals surface area contributed by atoms with Crippen molar-refractivity contribution in [2.45, 2.75) is 63.1 Å². The van der Waals surface area contributed by atoms with E-state index in [4.69, 9.17) is 22.8 Å². The predicted molar refractivity (Wildman–Crippen MR) is 141 cm³/mol. The standard InChI is InChI=1S/C27H28ClFN2O6S/c1-5-6-7-8-23(32)19-13-22-24(14-20(19)29)38(35,36)16-21(30-26(34)37-27(2,3)4)25(33)31(22)15-17-9-11-18(28)12-10-17/h1,9-14,21H,6-8,15-16H2,2-4H3,(H,30,34)/t21-/m0/s1. The van der Waals surface area contributed by atoms with E-state index in [0.717, 1.165) is 17.0 Å². The van der Waals surface area contributed by atoms with Crippen LogP contribution in [0.5, 0.6) is 0 Å². The van der Waals surface area contributed by atoms with Crippen LogP contribution in [0, 0.1) is 18.2 Å². The van der Waals surface area contributed by atoms with Crippen LogP contribution in [0.15, 0.2) is 41.3 Å². The molecule has 0 spiro atoms. The van der Waals surface area contributed by atoms with Crippen molar-refractivity contribution in [3.05, 3.63) is 58.4 Å². The molecule has 2 amide bonds. The molecule has 0 saturated heterocycles. The number of unbranched alkanes of at least 4 members (excludes halogenated alkanes) is 1. The van der Waals surface area contributed by atoms with E-state index in [-0.39, 0.29) is 24.2 Å². The lowest BCUT2D eigenvalue weighted by Gasteiger charge is -2.27. The third-order valence-electron chi connectivity index (χ3n) is 5.59. The lowest BCUT2D eigenvalue weighted by Crippen LogP contribution is -2.51. The first-order valence-corrected chi connectivity index (χ1v) is 13.8. The minimum Gasteiger partial charge on any atom is -0.444 e. The minimum absolute atomic E-state index is 0.0549. The Kier molecular flexibility index (Phi) is 8.85. The van der Waals surface area contributed by atoms with Gasteiger partial charge >= 0.3 is 6.09 Å². The lowest BCUT2D eigenvalue weighted by molar-refractivity contribution is -0.120. The molecular formula is C27H28ClFN2O6S. The minimum atomic E-state index is -4.30. The van der Waals surface area contributed by atoms with Crippen LogP contribution < -0.4 is 10.2 Å². The van der Waals surface area contributed by atoms with E-state index in [1.807, 2.05) is 0 Å². The van der Waals surface area contributed by atoms with Gasteiger partial charge in [0.2, 0.25) is 0 Å². The van der Waals surface area contributed by atoms with Crippen molar-refractivity contribution in [3.63, 3.8) is 0 Å². The first-order chi connectivity index (χ1) is 17.7. The molecule has 0 bridgehead atoms. The normalized spacial score (nSPS) is 16.7. The molecule has 38 heavy (non-hydrogen) atoms. The number of Topliss-reactive ketones (excluding diaryl/α,β-unsaturated/α-hetero) is 1.